The van der Waals surface area contributed by atoms with E-state index in [0.29, 0.717) is 5.92 Å². The van der Waals surface area contributed by atoms with Gasteiger partial charge in [-0.3, -0.25) is 5.10 Å². The maximum atomic E-state index is 5.77. The summed E-state index contributed by atoms with van der Waals surface area (Å²) in [6.45, 7) is 0. The van der Waals surface area contributed by atoms with Crippen molar-refractivity contribution in [2.45, 2.75) is 18.8 Å². The molecule has 0 aliphatic carbocycles. The SMILES string of the molecule is Nc1cn[nH]c1C1CCCSC1. The fourth-order valence-corrected chi connectivity index (χ4v) is 2.76. The van der Waals surface area contributed by atoms with Crippen LogP contribution in [0.15, 0.2) is 6.20 Å². The first-order valence-electron chi connectivity index (χ1n) is 4.24. The summed E-state index contributed by atoms with van der Waals surface area (Å²) in [5.74, 6) is 3.09. The molecular weight excluding hydrogens is 170 g/mol. The van der Waals surface area contributed by atoms with Gasteiger partial charge in [-0.25, -0.2) is 0 Å². The van der Waals surface area contributed by atoms with E-state index in [-0.39, 0.29) is 0 Å². The van der Waals surface area contributed by atoms with Crippen molar-refractivity contribution in [3.63, 3.8) is 0 Å². The number of hydrogen-bond acceptors (Lipinski definition) is 3. The summed E-state index contributed by atoms with van der Waals surface area (Å²) in [6.07, 6.45) is 4.25. The Morgan fingerprint density at radius 2 is 2.58 bits per heavy atom. The number of H-pyrrole nitrogens is 1. The Labute approximate surface area is 76.1 Å². The lowest BCUT2D eigenvalue weighted by Gasteiger charge is -2.20. The highest BCUT2D eigenvalue weighted by Crippen LogP contribution is 2.32. The van der Waals surface area contributed by atoms with E-state index in [1.165, 1.54) is 24.3 Å². The number of aromatic nitrogens is 2. The van der Waals surface area contributed by atoms with Crippen LogP contribution in [0.3, 0.4) is 0 Å². The number of thioether (sulfide) groups is 1. The molecule has 0 bridgehead atoms. The number of nitrogens with zero attached hydrogens (tertiary/aromatic N) is 1. The lowest BCUT2D eigenvalue weighted by atomic mass is 10.0. The van der Waals surface area contributed by atoms with E-state index in [1.54, 1.807) is 6.20 Å². The summed E-state index contributed by atoms with van der Waals surface area (Å²) in [5.41, 5.74) is 7.73. The van der Waals surface area contributed by atoms with Gasteiger partial charge in [0.1, 0.15) is 0 Å². The van der Waals surface area contributed by atoms with Crippen molar-refractivity contribution in [1.82, 2.24) is 10.2 Å². The molecule has 1 fully saturated rings. The highest BCUT2D eigenvalue weighted by atomic mass is 32.2. The Morgan fingerprint density at radius 1 is 1.67 bits per heavy atom. The topological polar surface area (TPSA) is 54.7 Å². The second-order valence-corrected chi connectivity index (χ2v) is 4.30. The average Bonchev–Trinajstić information content (AvgIpc) is 2.53. The number of nitrogen functional groups attached to an aromatic ring is 1. The smallest absolute Gasteiger partial charge is 0.0733 e. The van der Waals surface area contributed by atoms with E-state index in [1.807, 2.05) is 11.8 Å². The highest BCUT2D eigenvalue weighted by Gasteiger charge is 2.18. The second-order valence-electron chi connectivity index (χ2n) is 3.15. The molecule has 1 aliphatic heterocycles. The van der Waals surface area contributed by atoms with Crippen molar-refractivity contribution in [3.05, 3.63) is 11.9 Å². The molecule has 0 spiro atoms. The molecule has 0 aromatic carbocycles. The van der Waals surface area contributed by atoms with Crippen molar-refractivity contribution in [2.75, 3.05) is 17.2 Å². The maximum absolute atomic E-state index is 5.77. The number of nitrogens with two attached hydrogens (primary N) is 1. The molecule has 2 rings (SSSR count). The molecule has 1 unspecified atom stereocenters. The van der Waals surface area contributed by atoms with Gasteiger partial charge in [0, 0.05) is 11.7 Å². The zero-order valence-corrected chi connectivity index (χ0v) is 7.73. The first-order chi connectivity index (χ1) is 5.88. The molecule has 1 aliphatic rings. The molecule has 1 aromatic rings. The summed E-state index contributed by atoms with van der Waals surface area (Å²) >= 11 is 2.01. The largest absolute Gasteiger partial charge is 0.396 e. The zero-order valence-electron chi connectivity index (χ0n) is 6.92. The minimum Gasteiger partial charge on any atom is -0.396 e. The van der Waals surface area contributed by atoms with Gasteiger partial charge in [0.25, 0.3) is 0 Å². The molecule has 4 heteroatoms. The van der Waals surface area contributed by atoms with Crippen molar-refractivity contribution in [2.24, 2.45) is 0 Å². The van der Waals surface area contributed by atoms with E-state index < -0.39 is 0 Å². The van der Waals surface area contributed by atoms with Crippen molar-refractivity contribution >= 4 is 17.4 Å². The number of rotatable bonds is 1. The van der Waals surface area contributed by atoms with Gasteiger partial charge in [0.2, 0.25) is 0 Å². The van der Waals surface area contributed by atoms with Gasteiger partial charge < -0.3 is 5.73 Å². The van der Waals surface area contributed by atoms with Crippen LogP contribution in [-0.4, -0.2) is 21.7 Å². The lowest BCUT2D eigenvalue weighted by Crippen LogP contribution is -2.10. The minimum atomic E-state index is 0.603. The third kappa shape index (κ3) is 1.43. The van der Waals surface area contributed by atoms with E-state index >= 15 is 0 Å². The van der Waals surface area contributed by atoms with Crippen LogP contribution in [0.2, 0.25) is 0 Å². The van der Waals surface area contributed by atoms with E-state index in [9.17, 15) is 0 Å². The molecule has 66 valence electrons. The fraction of sp³-hybridized carbons (Fsp3) is 0.625. The third-order valence-electron chi connectivity index (χ3n) is 2.27. The number of nitrogens with one attached hydrogen (secondary N) is 1. The molecule has 1 atom stereocenters. The molecular formula is C8H13N3S. The Hall–Kier alpha value is -0.640. The molecule has 1 saturated heterocycles. The standard InChI is InChI=1S/C8H13N3S/c9-7-4-10-11-8(7)6-2-1-3-12-5-6/h4,6H,1-3,5,9H2,(H,10,11). The number of anilines is 1. The predicted octanol–water partition coefficient (Wildman–Crippen LogP) is 1.60. The van der Waals surface area contributed by atoms with Crippen LogP contribution >= 0.6 is 11.8 Å². The van der Waals surface area contributed by atoms with Gasteiger partial charge in [0.05, 0.1) is 17.6 Å². The molecule has 12 heavy (non-hydrogen) atoms. The van der Waals surface area contributed by atoms with Gasteiger partial charge >= 0.3 is 0 Å². The van der Waals surface area contributed by atoms with E-state index in [4.69, 9.17) is 5.73 Å². The summed E-state index contributed by atoms with van der Waals surface area (Å²) < 4.78 is 0. The monoisotopic (exact) mass is 183 g/mol. The van der Waals surface area contributed by atoms with Gasteiger partial charge in [-0.1, -0.05) is 0 Å². The van der Waals surface area contributed by atoms with Crippen LogP contribution < -0.4 is 5.73 Å². The average molecular weight is 183 g/mol. The fourth-order valence-electron chi connectivity index (χ4n) is 1.60. The molecule has 0 radical (unpaired) electrons. The normalized spacial score (nSPS) is 24.2. The molecule has 1 aromatic heterocycles. The maximum Gasteiger partial charge on any atom is 0.0733 e. The van der Waals surface area contributed by atoms with Crippen LogP contribution in [0, 0.1) is 0 Å². The minimum absolute atomic E-state index is 0.603. The van der Waals surface area contributed by atoms with Crippen molar-refractivity contribution < 1.29 is 0 Å². The van der Waals surface area contributed by atoms with E-state index in [2.05, 4.69) is 10.2 Å². The highest BCUT2D eigenvalue weighted by molar-refractivity contribution is 7.99. The Kier molecular flexibility index (Phi) is 2.26. The van der Waals surface area contributed by atoms with Gasteiger partial charge in [-0.15, -0.1) is 0 Å². The summed E-state index contributed by atoms with van der Waals surface area (Å²) in [6, 6.07) is 0. The first kappa shape index (κ1) is 7.98. The summed E-state index contributed by atoms with van der Waals surface area (Å²) in [4.78, 5) is 0. The molecule has 2 heterocycles. The van der Waals surface area contributed by atoms with Gasteiger partial charge in [0.15, 0.2) is 0 Å². The van der Waals surface area contributed by atoms with Crippen molar-refractivity contribution in [3.8, 4) is 0 Å². The quantitative estimate of drug-likeness (QED) is 0.695. The Morgan fingerprint density at radius 3 is 3.17 bits per heavy atom. The molecule has 3 nitrogen and oxygen atoms in total. The lowest BCUT2D eigenvalue weighted by molar-refractivity contribution is 0.642. The van der Waals surface area contributed by atoms with Crippen LogP contribution in [-0.2, 0) is 0 Å². The van der Waals surface area contributed by atoms with Crippen LogP contribution in [0.5, 0.6) is 0 Å². The molecule has 0 saturated carbocycles. The number of hydrogen-bond donors (Lipinski definition) is 2. The molecule has 3 N–H and O–H groups in total. The second kappa shape index (κ2) is 3.39. The Balaban J connectivity index is 2.13. The van der Waals surface area contributed by atoms with E-state index in [0.717, 1.165) is 11.4 Å². The molecule has 0 amide bonds. The van der Waals surface area contributed by atoms with Crippen LogP contribution in [0.1, 0.15) is 24.5 Å². The summed E-state index contributed by atoms with van der Waals surface area (Å²) in [5, 5.41) is 6.92. The van der Waals surface area contributed by atoms with Crippen LogP contribution in [0.25, 0.3) is 0 Å². The van der Waals surface area contributed by atoms with Gasteiger partial charge in [-0.2, -0.15) is 16.9 Å². The van der Waals surface area contributed by atoms with Crippen molar-refractivity contribution in [1.29, 1.82) is 0 Å². The Bertz CT molecular complexity index is 253. The predicted molar refractivity (Wildman–Crippen MR) is 52.3 cm³/mol. The summed E-state index contributed by atoms with van der Waals surface area (Å²) in [7, 11) is 0. The number of aromatic amines is 1. The van der Waals surface area contributed by atoms with Crippen LogP contribution in [0.4, 0.5) is 5.69 Å². The first-order valence-corrected chi connectivity index (χ1v) is 5.40. The van der Waals surface area contributed by atoms with Gasteiger partial charge in [-0.05, 0) is 18.6 Å². The third-order valence-corrected chi connectivity index (χ3v) is 3.48. The zero-order chi connectivity index (χ0) is 8.39.